The van der Waals surface area contributed by atoms with E-state index in [1.807, 2.05) is 30.3 Å². The highest BCUT2D eigenvalue weighted by Gasteiger charge is 2.22. The fraction of sp³-hybridized carbons (Fsp3) is 0.160. The minimum Gasteiger partial charge on any atom is -0.478 e. The molecule has 0 radical (unpaired) electrons. The summed E-state index contributed by atoms with van der Waals surface area (Å²) in [6, 6.07) is 17.5. The topological polar surface area (TPSA) is 143 Å². The van der Waals surface area contributed by atoms with Gasteiger partial charge in [0.2, 0.25) is 5.91 Å². The number of ether oxygens (including phenoxy) is 1. The second-order valence-corrected chi connectivity index (χ2v) is 8.02. The van der Waals surface area contributed by atoms with Crippen LogP contribution < -0.4 is 21.7 Å². The van der Waals surface area contributed by atoms with Crippen LogP contribution in [0.3, 0.4) is 0 Å². The molecular weight excluding hydrogens is 472 g/mol. The van der Waals surface area contributed by atoms with Gasteiger partial charge in [0.05, 0.1) is 5.56 Å². The Hall–Kier alpha value is -4.08. The van der Waals surface area contributed by atoms with Crippen LogP contribution in [0.2, 0.25) is 5.02 Å². The predicted octanol–water partition coefficient (Wildman–Crippen LogP) is 4.14. The molecule has 9 nitrogen and oxygen atoms in total. The van der Waals surface area contributed by atoms with Crippen LogP contribution in [-0.2, 0) is 22.7 Å². The van der Waals surface area contributed by atoms with Crippen molar-refractivity contribution in [3.05, 3.63) is 94.0 Å². The van der Waals surface area contributed by atoms with Gasteiger partial charge in [0.1, 0.15) is 12.6 Å². The fourth-order valence-electron chi connectivity index (χ4n) is 3.36. The number of hydrogen-bond acceptors (Lipinski definition) is 6. The maximum atomic E-state index is 12.7. The van der Waals surface area contributed by atoms with Crippen LogP contribution in [0.25, 0.3) is 0 Å². The monoisotopic (exact) mass is 496 g/mol. The number of carbonyl (C=O) groups is 3. The molecule has 2 amide bonds. The number of amides is 2. The molecule has 182 valence electrons. The Morgan fingerprint density at radius 1 is 1.00 bits per heavy atom. The summed E-state index contributed by atoms with van der Waals surface area (Å²) in [6.07, 6.45) is -0.687. The third-order valence-electron chi connectivity index (χ3n) is 5.01. The van der Waals surface area contributed by atoms with Crippen LogP contribution in [0.5, 0.6) is 0 Å². The number of rotatable bonds is 9. The van der Waals surface area contributed by atoms with Crippen LogP contribution >= 0.6 is 11.6 Å². The van der Waals surface area contributed by atoms with E-state index in [-0.39, 0.29) is 23.7 Å². The number of nitrogens with two attached hydrogens (primary N) is 1. The first-order chi connectivity index (χ1) is 16.8. The lowest BCUT2D eigenvalue weighted by molar-refractivity contribution is -0.121. The molecule has 0 spiro atoms. The van der Waals surface area contributed by atoms with Gasteiger partial charge in [0.15, 0.2) is 0 Å². The molecule has 10 heteroatoms. The smallest absolute Gasteiger partial charge is 0.411 e. The third kappa shape index (κ3) is 7.20. The Morgan fingerprint density at radius 2 is 1.74 bits per heavy atom. The van der Waals surface area contributed by atoms with Gasteiger partial charge in [-0.1, -0.05) is 41.9 Å². The number of benzene rings is 3. The number of nitrogens with one attached hydrogen (secondary N) is 3. The van der Waals surface area contributed by atoms with E-state index in [1.54, 1.807) is 18.2 Å². The Labute approximate surface area is 207 Å². The molecule has 1 atom stereocenters. The predicted molar refractivity (Wildman–Crippen MR) is 133 cm³/mol. The minimum atomic E-state index is -1.12. The highest BCUT2D eigenvalue weighted by atomic mass is 35.5. The van der Waals surface area contributed by atoms with Crippen molar-refractivity contribution in [2.75, 3.05) is 17.7 Å². The largest absolute Gasteiger partial charge is 0.478 e. The summed E-state index contributed by atoms with van der Waals surface area (Å²) in [5.74, 6) is -1.53. The lowest BCUT2D eigenvalue weighted by Crippen LogP contribution is -2.31. The molecule has 3 aromatic carbocycles. The quantitative estimate of drug-likeness (QED) is 0.299. The Morgan fingerprint density at radius 3 is 2.40 bits per heavy atom. The van der Waals surface area contributed by atoms with Crippen molar-refractivity contribution >= 4 is 40.9 Å². The number of carbonyl (C=O) groups excluding carboxylic acids is 2. The van der Waals surface area contributed by atoms with Crippen LogP contribution in [0.1, 0.15) is 33.1 Å². The lowest BCUT2D eigenvalue weighted by atomic mass is 10.0. The molecule has 0 aliphatic rings. The van der Waals surface area contributed by atoms with E-state index in [4.69, 9.17) is 22.1 Å². The zero-order chi connectivity index (χ0) is 25.4. The van der Waals surface area contributed by atoms with E-state index >= 15 is 0 Å². The molecule has 0 heterocycles. The Bertz CT molecular complexity index is 1220. The van der Waals surface area contributed by atoms with Crippen molar-refractivity contribution in [1.82, 2.24) is 5.32 Å². The summed E-state index contributed by atoms with van der Waals surface area (Å²) in [5.41, 5.74) is 8.28. The van der Waals surface area contributed by atoms with E-state index in [1.165, 1.54) is 25.2 Å². The SMILES string of the molecule is CNC(=O)[C@H](Nc1cc(CN)cc(C(=O)O)c1)c1cc(Cl)cc(NC(=O)OCc2ccccc2)c1. The number of carboxylic acid groups (broad SMARTS) is 1. The molecule has 0 saturated carbocycles. The molecule has 0 aliphatic heterocycles. The summed E-state index contributed by atoms with van der Waals surface area (Å²) < 4.78 is 5.24. The van der Waals surface area contributed by atoms with Crippen LogP contribution in [0, 0.1) is 0 Å². The molecule has 0 aromatic heterocycles. The first kappa shape index (κ1) is 25.5. The zero-order valence-electron chi connectivity index (χ0n) is 18.9. The second-order valence-electron chi connectivity index (χ2n) is 7.58. The van der Waals surface area contributed by atoms with Gasteiger partial charge in [-0.2, -0.15) is 0 Å². The normalized spacial score (nSPS) is 11.3. The average Bonchev–Trinajstić information content (AvgIpc) is 2.85. The summed E-state index contributed by atoms with van der Waals surface area (Å²) >= 11 is 6.27. The van der Waals surface area contributed by atoms with E-state index < -0.39 is 24.0 Å². The summed E-state index contributed by atoms with van der Waals surface area (Å²) in [5, 5.41) is 17.9. The molecule has 3 aromatic rings. The molecular formula is C25H25ClN4O5. The molecule has 0 saturated heterocycles. The molecule has 3 rings (SSSR count). The molecule has 0 fully saturated rings. The maximum absolute atomic E-state index is 12.7. The summed E-state index contributed by atoms with van der Waals surface area (Å²) in [4.78, 5) is 36.5. The standard InChI is InChI=1S/C25H25ClN4O5/c1-28-23(31)22(29-20-8-16(13-27)7-18(11-20)24(32)33)17-9-19(26)12-21(10-17)30-25(34)35-14-15-5-3-2-4-6-15/h2-12,22,29H,13-14,27H2,1H3,(H,28,31)(H,30,34)(H,32,33)/t22-/m1/s1. The summed E-state index contributed by atoms with van der Waals surface area (Å²) in [6.45, 7) is 0.211. The van der Waals surface area contributed by atoms with E-state index in [0.29, 0.717) is 22.5 Å². The van der Waals surface area contributed by atoms with Gasteiger partial charge >= 0.3 is 12.1 Å². The highest BCUT2D eigenvalue weighted by Crippen LogP contribution is 2.28. The van der Waals surface area contributed by atoms with Crippen molar-refractivity contribution in [3.8, 4) is 0 Å². The van der Waals surface area contributed by atoms with Crippen molar-refractivity contribution in [1.29, 1.82) is 0 Å². The number of carboxylic acids is 1. The van der Waals surface area contributed by atoms with Crippen LogP contribution in [-0.4, -0.2) is 30.1 Å². The first-order valence-corrected chi connectivity index (χ1v) is 11.0. The average molecular weight is 497 g/mol. The lowest BCUT2D eigenvalue weighted by Gasteiger charge is -2.21. The van der Waals surface area contributed by atoms with Gasteiger partial charge in [-0.05, 0) is 53.1 Å². The van der Waals surface area contributed by atoms with Gasteiger partial charge in [-0.3, -0.25) is 10.1 Å². The molecule has 6 N–H and O–H groups in total. The van der Waals surface area contributed by atoms with Gasteiger partial charge < -0.3 is 26.2 Å². The second kappa shape index (κ2) is 11.9. The molecule has 0 unspecified atom stereocenters. The Kier molecular flexibility index (Phi) is 8.66. The van der Waals surface area contributed by atoms with Gasteiger partial charge in [0, 0.05) is 30.0 Å². The van der Waals surface area contributed by atoms with E-state index in [2.05, 4.69) is 16.0 Å². The van der Waals surface area contributed by atoms with E-state index in [0.717, 1.165) is 5.56 Å². The fourth-order valence-corrected chi connectivity index (χ4v) is 3.60. The number of aromatic carboxylic acids is 1. The first-order valence-electron chi connectivity index (χ1n) is 10.6. The summed E-state index contributed by atoms with van der Waals surface area (Å²) in [7, 11) is 1.47. The molecule has 0 bridgehead atoms. The third-order valence-corrected chi connectivity index (χ3v) is 5.23. The number of hydrogen-bond donors (Lipinski definition) is 5. The van der Waals surface area contributed by atoms with Gasteiger partial charge in [0.25, 0.3) is 0 Å². The molecule has 35 heavy (non-hydrogen) atoms. The Balaban J connectivity index is 1.83. The molecule has 0 aliphatic carbocycles. The van der Waals surface area contributed by atoms with Crippen LogP contribution in [0.15, 0.2) is 66.7 Å². The zero-order valence-corrected chi connectivity index (χ0v) is 19.6. The minimum absolute atomic E-state index is 0.0284. The van der Waals surface area contributed by atoms with E-state index in [9.17, 15) is 19.5 Å². The van der Waals surface area contributed by atoms with Gasteiger partial charge in [-0.15, -0.1) is 0 Å². The maximum Gasteiger partial charge on any atom is 0.411 e. The highest BCUT2D eigenvalue weighted by molar-refractivity contribution is 6.31. The van der Waals surface area contributed by atoms with Crippen molar-refractivity contribution < 1.29 is 24.2 Å². The van der Waals surface area contributed by atoms with Gasteiger partial charge in [-0.25, -0.2) is 9.59 Å². The number of halogens is 1. The number of anilines is 2. The van der Waals surface area contributed by atoms with Crippen molar-refractivity contribution in [3.63, 3.8) is 0 Å². The van der Waals surface area contributed by atoms with Crippen LogP contribution in [0.4, 0.5) is 16.2 Å². The van der Waals surface area contributed by atoms with Crippen molar-refractivity contribution in [2.24, 2.45) is 5.73 Å². The number of likely N-dealkylation sites (N-methyl/N-ethyl adjacent to an activating group) is 1. The van der Waals surface area contributed by atoms with Crippen molar-refractivity contribution in [2.45, 2.75) is 19.2 Å².